The van der Waals surface area contributed by atoms with Crippen molar-refractivity contribution in [1.82, 2.24) is 4.98 Å². The van der Waals surface area contributed by atoms with Gasteiger partial charge in [0, 0.05) is 17.3 Å². The maximum absolute atomic E-state index is 12.6. The topological polar surface area (TPSA) is 45.9 Å². The van der Waals surface area contributed by atoms with Gasteiger partial charge in [0.1, 0.15) is 12.4 Å². The molecule has 92 valence electrons. The molecule has 1 aromatic rings. The number of aromatic nitrogens is 1. The molecular formula is C10H8F4N2O. The van der Waals surface area contributed by atoms with Gasteiger partial charge in [-0.25, -0.2) is 4.39 Å². The van der Waals surface area contributed by atoms with E-state index in [1.807, 2.05) is 0 Å². The zero-order chi connectivity index (χ0) is 13.1. The van der Waals surface area contributed by atoms with Gasteiger partial charge in [0.15, 0.2) is 0 Å². The zero-order valence-electron chi connectivity index (χ0n) is 8.81. The number of ether oxygens (including phenoxy) is 1. The number of alkyl halides is 4. The highest BCUT2D eigenvalue weighted by Crippen LogP contribution is 2.29. The quantitative estimate of drug-likeness (QED) is 0.772. The molecule has 1 aromatic heterocycles. The molecule has 1 rings (SSSR count). The van der Waals surface area contributed by atoms with Gasteiger partial charge in [0.05, 0.1) is 18.2 Å². The Hall–Kier alpha value is -1.84. The monoisotopic (exact) mass is 248 g/mol. The first-order chi connectivity index (χ1) is 7.87. The van der Waals surface area contributed by atoms with Crippen LogP contribution in [0.15, 0.2) is 6.07 Å². The van der Waals surface area contributed by atoms with Crippen molar-refractivity contribution >= 4 is 0 Å². The van der Waals surface area contributed by atoms with Crippen molar-refractivity contribution in [2.75, 3.05) is 0 Å². The van der Waals surface area contributed by atoms with Gasteiger partial charge in [-0.3, -0.25) is 4.98 Å². The first-order valence-electron chi connectivity index (χ1n) is 4.55. The summed E-state index contributed by atoms with van der Waals surface area (Å²) in [7, 11) is 0. The number of halogens is 4. The molecule has 0 unspecified atom stereocenters. The second-order valence-electron chi connectivity index (χ2n) is 3.19. The minimum Gasteiger partial charge on any atom is -0.405 e. The number of hydrogen-bond acceptors (Lipinski definition) is 3. The molecule has 7 heteroatoms. The summed E-state index contributed by atoms with van der Waals surface area (Å²) in [5, 5.41) is 8.43. The van der Waals surface area contributed by atoms with Gasteiger partial charge in [-0.2, -0.15) is 5.26 Å². The molecule has 0 aromatic carbocycles. The normalized spacial score (nSPS) is 11.1. The summed E-state index contributed by atoms with van der Waals surface area (Å²) in [5.41, 5.74) is -0.0648. The highest BCUT2D eigenvalue weighted by atomic mass is 19.4. The van der Waals surface area contributed by atoms with Crippen LogP contribution in [0, 0.1) is 18.3 Å². The van der Waals surface area contributed by atoms with Crippen LogP contribution >= 0.6 is 0 Å². The Kier molecular flexibility index (Phi) is 3.89. The third kappa shape index (κ3) is 3.59. The predicted molar refractivity (Wildman–Crippen MR) is 49.8 cm³/mol. The van der Waals surface area contributed by atoms with Crippen LogP contribution in [-0.4, -0.2) is 11.3 Å². The molecule has 0 aliphatic heterocycles. The summed E-state index contributed by atoms with van der Waals surface area (Å²) >= 11 is 0. The lowest BCUT2D eigenvalue weighted by atomic mass is 10.1. The predicted octanol–water partition coefficient (Wildman–Crippen LogP) is 2.82. The second kappa shape index (κ2) is 4.99. The molecule has 0 bridgehead atoms. The summed E-state index contributed by atoms with van der Waals surface area (Å²) in [6.45, 7) is 0.246. The van der Waals surface area contributed by atoms with Crippen molar-refractivity contribution in [2.45, 2.75) is 26.4 Å². The first-order valence-corrected chi connectivity index (χ1v) is 4.55. The molecule has 1 heterocycles. The third-order valence-electron chi connectivity index (χ3n) is 1.96. The number of rotatable bonds is 3. The van der Waals surface area contributed by atoms with E-state index in [1.54, 1.807) is 6.07 Å². The molecule has 0 fully saturated rings. The minimum atomic E-state index is -4.90. The maximum atomic E-state index is 12.6. The summed E-state index contributed by atoms with van der Waals surface area (Å²) < 4.78 is 52.5. The highest BCUT2D eigenvalue weighted by molar-refractivity contribution is 5.38. The van der Waals surface area contributed by atoms with Crippen molar-refractivity contribution in [3.05, 3.63) is 23.0 Å². The number of aryl methyl sites for hydroxylation is 1. The average molecular weight is 248 g/mol. The van der Waals surface area contributed by atoms with Crippen LogP contribution in [0.4, 0.5) is 17.6 Å². The Bertz CT molecular complexity index is 451. The van der Waals surface area contributed by atoms with Crippen molar-refractivity contribution < 1.29 is 22.3 Å². The van der Waals surface area contributed by atoms with E-state index >= 15 is 0 Å². The molecule has 0 saturated carbocycles. The van der Waals surface area contributed by atoms with Gasteiger partial charge in [0.2, 0.25) is 0 Å². The lowest BCUT2D eigenvalue weighted by molar-refractivity contribution is -0.275. The Morgan fingerprint density at radius 1 is 1.47 bits per heavy atom. The zero-order valence-corrected chi connectivity index (χ0v) is 8.81. The van der Waals surface area contributed by atoms with Crippen LogP contribution in [-0.2, 0) is 13.1 Å². The van der Waals surface area contributed by atoms with Gasteiger partial charge < -0.3 is 4.74 Å². The minimum absolute atomic E-state index is 0.0829. The van der Waals surface area contributed by atoms with Crippen LogP contribution in [0.25, 0.3) is 0 Å². The van der Waals surface area contributed by atoms with Crippen LogP contribution in [0.1, 0.15) is 17.0 Å². The Balaban J connectivity index is 3.20. The summed E-state index contributed by atoms with van der Waals surface area (Å²) in [4.78, 5) is 3.81. The first kappa shape index (κ1) is 13.2. The van der Waals surface area contributed by atoms with Gasteiger partial charge in [-0.05, 0) is 6.92 Å². The van der Waals surface area contributed by atoms with Crippen LogP contribution in [0.3, 0.4) is 0 Å². The molecule has 0 saturated heterocycles. The Labute approximate surface area is 94.6 Å². The molecule has 17 heavy (non-hydrogen) atoms. The van der Waals surface area contributed by atoms with Crippen molar-refractivity contribution in [3.63, 3.8) is 0 Å². The molecule has 0 radical (unpaired) electrons. The number of hydrogen-bond donors (Lipinski definition) is 0. The average Bonchev–Trinajstić information content (AvgIpc) is 2.15. The SMILES string of the molecule is Cc1nc(CC#N)cc(OC(F)(F)F)c1CF. The molecule has 0 spiro atoms. The third-order valence-corrected chi connectivity index (χ3v) is 1.96. The maximum Gasteiger partial charge on any atom is 0.573 e. The van der Waals surface area contributed by atoms with Gasteiger partial charge in [0.25, 0.3) is 0 Å². The number of nitrogens with zero attached hydrogens (tertiary/aromatic N) is 2. The fourth-order valence-electron chi connectivity index (χ4n) is 1.28. The molecule has 0 N–H and O–H groups in total. The fraction of sp³-hybridized carbons (Fsp3) is 0.400. The highest BCUT2D eigenvalue weighted by Gasteiger charge is 2.32. The van der Waals surface area contributed by atoms with Crippen molar-refractivity contribution in [3.8, 4) is 11.8 Å². The fourth-order valence-corrected chi connectivity index (χ4v) is 1.28. The van der Waals surface area contributed by atoms with E-state index in [9.17, 15) is 17.6 Å². The second-order valence-corrected chi connectivity index (χ2v) is 3.19. The molecule has 0 aliphatic carbocycles. The van der Waals surface area contributed by atoms with E-state index in [2.05, 4.69) is 9.72 Å². The molecule has 0 atom stereocenters. The smallest absolute Gasteiger partial charge is 0.405 e. The molecule has 3 nitrogen and oxygen atoms in total. The largest absolute Gasteiger partial charge is 0.573 e. The van der Waals surface area contributed by atoms with Crippen LogP contribution < -0.4 is 4.74 Å². The van der Waals surface area contributed by atoms with Gasteiger partial charge in [-0.1, -0.05) is 0 Å². The van der Waals surface area contributed by atoms with Crippen molar-refractivity contribution in [2.24, 2.45) is 0 Å². The van der Waals surface area contributed by atoms with Crippen molar-refractivity contribution in [1.29, 1.82) is 5.26 Å². The summed E-state index contributed by atoms with van der Waals surface area (Å²) in [6.07, 6.45) is -5.07. The van der Waals surface area contributed by atoms with E-state index in [1.165, 1.54) is 6.92 Å². The Morgan fingerprint density at radius 3 is 2.59 bits per heavy atom. The number of pyridine rings is 1. The standard InChI is InChI=1S/C10H8F4N2O/c1-6-8(5-11)9(17-10(12,13)14)4-7(16-6)2-3-15/h4H,2,5H2,1H3. The molecule has 0 aliphatic rings. The van der Waals surface area contributed by atoms with E-state index < -0.39 is 18.8 Å². The van der Waals surface area contributed by atoms with E-state index in [4.69, 9.17) is 5.26 Å². The van der Waals surface area contributed by atoms with Crippen LogP contribution in [0.2, 0.25) is 0 Å². The van der Waals surface area contributed by atoms with Gasteiger partial charge in [-0.15, -0.1) is 13.2 Å². The summed E-state index contributed by atoms with van der Waals surface area (Å²) in [5.74, 6) is -0.641. The lowest BCUT2D eigenvalue weighted by Gasteiger charge is -2.14. The van der Waals surface area contributed by atoms with E-state index in [0.29, 0.717) is 0 Å². The van der Waals surface area contributed by atoms with Crippen LogP contribution in [0.5, 0.6) is 5.75 Å². The Morgan fingerprint density at radius 2 is 2.12 bits per heavy atom. The van der Waals surface area contributed by atoms with E-state index in [0.717, 1.165) is 6.07 Å². The lowest BCUT2D eigenvalue weighted by Crippen LogP contribution is -2.19. The molecular weight excluding hydrogens is 240 g/mol. The molecule has 0 amide bonds. The van der Waals surface area contributed by atoms with E-state index in [-0.39, 0.29) is 23.4 Å². The number of nitriles is 1. The summed E-state index contributed by atoms with van der Waals surface area (Å²) in [6, 6.07) is 2.67. The van der Waals surface area contributed by atoms with Gasteiger partial charge >= 0.3 is 6.36 Å².